The highest BCUT2D eigenvalue weighted by molar-refractivity contribution is 7.92. The summed E-state index contributed by atoms with van der Waals surface area (Å²) in [6.45, 7) is 1.97. The van der Waals surface area contributed by atoms with Gasteiger partial charge in [-0.1, -0.05) is 48.0 Å². The molecule has 182 valence electrons. The van der Waals surface area contributed by atoms with Crippen molar-refractivity contribution in [3.8, 4) is 17.1 Å². The number of aryl methyl sites for hydroxylation is 1. The molecule has 0 spiro atoms. The van der Waals surface area contributed by atoms with E-state index in [1.807, 2.05) is 13.0 Å². The molecule has 0 saturated heterocycles. The highest BCUT2D eigenvalue weighted by atomic mass is 32.2. The standard InChI is InChI=1S/C26H22N4O5S/c1-18-4-11-22(12-5-18)36(33,34)30-25-26(35-17-20-3-2-14-27-15-20)29-23(16-28-25)21-9-6-19(7-10-21)8-13-24(31)32/h2-16H,17H2,1H3,(H,28,30)(H,31,32). The molecule has 4 rings (SSSR count). The number of nitrogens with one attached hydrogen (secondary N) is 1. The van der Waals surface area contributed by atoms with Gasteiger partial charge in [-0.05, 0) is 36.8 Å². The molecule has 0 fully saturated rings. The van der Waals surface area contributed by atoms with Gasteiger partial charge in [0.05, 0.1) is 16.8 Å². The zero-order chi connectivity index (χ0) is 25.5. The Kier molecular flexibility index (Phi) is 7.36. The first-order valence-corrected chi connectivity index (χ1v) is 12.3. The summed E-state index contributed by atoms with van der Waals surface area (Å²) in [5, 5.41) is 8.79. The van der Waals surface area contributed by atoms with E-state index in [9.17, 15) is 13.2 Å². The van der Waals surface area contributed by atoms with E-state index in [0.29, 0.717) is 16.8 Å². The van der Waals surface area contributed by atoms with Gasteiger partial charge in [-0.2, -0.15) is 0 Å². The molecule has 4 aromatic rings. The number of aliphatic carboxylic acids is 1. The van der Waals surface area contributed by atoms with Crippen LogP contribution in [-0.2, 0) is 21.4 Å². The number of benzene rings is 2. The lowest BCUT2D eigenvalue weighted by Gasteiger charge is -2.13. The van der Waals surface area contributed by atoms with Gasteiger partial charge in [-0.15, -0.1) is 0 Å². The lowest BCUT2D eigenvalue weighted by atomic mass is 10.1. The number of carboxylic acid groups (broad SMARTS) is 1. The van der Waals surface area contributed by atoms with Crippen molar-refractivity contribution in [2.24, 2.45) is 0 Å². The van der Waals surface area contributed by atoms with Gasteiger partial charge in [-0.25, -0.2) is 23.2 Å². The molecule has 0 amide bonds. The number of ether oxygens (including phenoxy) is 1. The van der Waals surface area contributed by atoms with Crippen LogP contribution in [0.4, 0.5) is 5.82 Å². The molecular weight excluding hydrogens is 480 g/mol. The molecule has 0 atom stereocenters. The van der Waals surface area contributed by atoms with Crippen molar-refractivity contribution in [1.29, 1.82) is 0 Å². The second-order valence-corrected chi connectivity index (χ2v) is 9.45. The molecule has 0 radical (unpaired) electrons. The maximum Gasteiger partial charge on any atom is 0.328 e. The van der Waals surface area contributed by atoms with E-state index in [1.54, 1.807) is 54.9 Å². The molecule has 2 heterocycles. The van der Waals surface area contributed by atoms with Gasteiger partial charge in [0.25, 0.3) is 15.9 Å². The monoisotopic (exact) mass is 502 g/mol. The van der Waals surface area contributed by atoms with Gasteiger partial charge >= 0.3 is 5.97 Å². The summed E-state index contributed by atoms with van der Waals surface area (Å²) in [5.74, 6) is -1.09. The molecule has 0 unspecified atom stereocenters. The molecule has 0 aliphatic rings. The van der Waals surface area contributed by atoms with Crippen molar-refractivity contribution < 1.29 is 23.1 Å². The van der Waals surface area contributed by atoms with Crippen LogP contribution in [0.1, 0.15) is 16.7 Å². The summed E-state index contributed by atoms with van der Waals surface area (Å²) < 4.78 is 34.2. The zero-order valence-electron chi connectivity index (χ0n) is 19.2. The third kappa shape index (κ3) is 6.30. The number of nitrogens with zero attached hydrogens (tertiary/aromatic N) is 3. The first-order chi connectivity index (χ1) is 17.3. The summed E-state index contributed by atoms with van der Waals surface area (Å²) in [6.07, 6.45) is 7.24. The Morgan fingerprint density at radius 2 is 1.81 bits per heavy atom. The van der Waals surface area contributed by atoms with Crippen molar-refractivity contribution in [3.05, 3.63) is 102 Å². The summed E-state index contributed by atoms with van der Waals surface area (Å²) in [4.78, 5) is 23.7. The van der Waals surface area contributed by atoms with Crippen molar-refractivity contribution in [1.82, 2.24) is 15.0 Å². The van der Waals surface area contributed by atoms with E-state index in [1.165, 1.54) is 24.4 Å². The van der Waals surface area contributed by atoms with E-state index in [4.69, 9.17) is 9.84 Å². The molecule has 10 heteroatoms. The average molecular weight is 503 g/mol. The predicted molar refractivity (Wildman–Crippen MR) is 135 cm³/mol. The largest absolute Gasteiger partial charge is 0.478 e. The summed E-state index contributed by atoms with van der Waals surface area (Å²) >= 11 is 0. The molecule has 0 saturated carbocycles. The number of carbonyl (C=O) groups is 1. The van der Waals surface area contributed by atoms with Crippen molar-refractivity contribution >= 4 is 27.9 Å². The van der Waals surface area contributed by atoms with Gasteiger partial charge in [0.2, 0.25) is 5.82 Å². The molecule has 2 N–H and O–H groups in total. The minimum atomic E-state index is -3.93. The van der Waals surface area contributed by atoms with Gasteiger partial charge in [0, 0.05) is 29.6 Å². The first-order valence-electron chi connectivity index (χ1n) is 10.8. The highest BCUT2D eigenvalue weighted by Gasteiger charge is 2.20. The lowest BCUT2D eigenvalue weighted by Crippen LogP contribution is -2.15. The summed E-state index contributed by atoms with van der Waals surface area (Å²) in [5.41, 5.74) is 3.54. The van der Waals surface area contributed by atoms with E-state index in [2.05, 4.69) is 19.7 Å². The smallest absolute Gasteiger partial charge is 0.328 e. The molecule has 2 aromatic carbocycles. The van der Waals surface area contributed by atoms with Crippen molar-refractivity contribution in [3.63, 3.8) is 0 Å². The second-order valence-electron chi connectivity index (χ2n) is 7.77. The SMILES string of the molecule is Cc1ccc(S(=O)(=O)Nc2ncc(-c3ccc(C=CC(=O)O)cc3)nc2OCc2cccnc2)cc1. The normalized spacial score (nSPS) is 11.4. The number of hydrogen-bond acceptors (Lipinski definition) is 7. The Labute approximate surface area is 208 Å². The van der Waals surface area contributed by atoms with Gasteiger partial charge in [0.15, 0.2) is 0 Å². The zero-order valence-corrected chi connectivity index (χ0v) is 20.0. The fraction of sp³-hybridized carbons (Fsp3) is 0.0769. The molecule has 0 bridgehead atoms. The number of pyridine rings is 1. The van der Waals surface area contributed by atoms with Crippen LogP contribution < -0.4 is 9.46 Å². The summed E-state index contributed by atoms with van der Waals surface area (Å²) in [6, 6.07) is 17.0. The van der Waals surface area contributed by atoms with Crippen LogP contribution in [-0.4, -0.2) is 34.4 Å². The second kappa shape index (κ2) is 10.8. The average Bonchev–Trinajstić information content (AvgIpc) is 2.88. The minimum Gasteiger partial charge on any atom is -0.478 e. The molecule has 0 aliphatic heterocycles. The topological polar surface area (TPSA) is 131 Å². The van der Waals surface area contributed by atoms with E-state index in [0.717, 1.165) is 17.2 Å². The van der Waals surface area contributed by atoms with Crippen LogP contribution in [0.15, 0.2) is 90.2 Å². The van der Waals surface area contributed by atoms with Crippen LogP contribution in [0.5, 0.6) is 5.88 Å². The van der Waals surface area contributed by atoms with Crippen LogP contribution in [0.3, 0.4) is 0 Å². The third-order valence-electron chi connectivity index (χ3n) is 5.03. The lowest BCUT2D eigenvalue weighted by molar-refractivity contribution is -0.131. The third-order valence-corrected chi connectivity index (χ3v) is 6.38. The van der Waals surface area contributed by atoms with Gasteiger partial charge < -0.3 is 9.84 Å². The Bertz CT molecular complexity index is 1490. The Hall–Kier alpha value is -4.57. The first kappa shape index (κ1) is 24.6. The molecule has 36 heavy (non-hydrogen) atoms. The fourth-order valence-electron chi connectivity index (χ4n) is 3.15. The van der Waals surface area contributed by atoms with Crippen LogP contribution >= 0.6 is 0 Å². The number of rotatable bonds is 9. The number of hydrogen-bond donors (Lipinski definition) is 2. The van der Waals surface area contributed by atoms with Gasteiger partial charge in [-0.3, -0.25) is 9.71 Å². The maximum atomic E-state index is 12.9. The van der Waals surface area contributed by atoms with E-state index < -0.39 is 16.0 Å². The summed E-state index contributed by atoms with van der Waals surface area (Å²) in [7, 11) is -3.93. The number of anilines is 1. The Balaban J connectivity index is 1.65. The Morgan fingerprint density at radius 1 is 1.06 bits per heavy atom. The maximum absolute atomic E-state index is 12.9. The fourth-order valence-corrected chi connectivity index (χ4v) is 4.16. The van der Waals surface area contributed by atoms with Crippen molar-refractivity contribution in [2.75, 3.05) is 4.72 Å². The quantitative estimate of drug-likeness (QED) is 0.324. The van der Waals surface area contributed by atoms with E-state index >= 15 is 0 Å². The number of sulfonamides is 1. The van der Waals surface area contributed by atoms with Crippen LogP contribution in [0, 0.1) is 6.92 Å². The Morgan fingerprint density at radius 3 is 2.47 bits per heavy atom. The minimum absolute atomic E-state index is 0.00175. The molecule has 2 aromatic heterocycles. The van der Waals surface area contributed by atoms with Crippen LogP contribution in [0.2, 0.25) is 0 Å². The predicted octanol–water partition coefficient (Wildman–Crippen LogP) is 4.32. The van der Waals surface area contributed by atoms with Crippen molar-refractivity contribution in [2.45, 2.75) is 18.4 Å². The number of carboxylic acids is 1. The van der Waals surface area contributed by atoms with E-state index in [-0.39, 0.29) is 23.2 Å². The highest BCUT2D eigenvalue weighted by Crippen LogP contribution is 2.28. The molecular formula is C26H22N4O5S. The van der Waals surface area contributed by atoms with Gasteiger partial charge in [0.1, 0.15) is 6.61 Å². The molecule has 9 nitrogen and oxygen atoms in total. The van der Waals surface area contributed by atoms with Crippen LogP contribution in [0.25, 0.3) is 17.3 Å². The number of aromatic nitrogens is 3. The molecule has 0 aliphatic carbocycles.